The highest BCUT2D eigenvalue weighted by molar-refractivity contribution is 6.26. The first-order chi connectivity index (χ1) is 12.3. The number of hydrogen-bond donors (Lipinski definition) is 0. The summed E-state index contributed by atoms with van der Waals surface area (Å²) in [4.78, 5) is 18.7. The molecule has 0 saturated carbocycles. The zero-order valence-corrected chi connectivity index (χ0v) is 13.2. The van der Waals surface area contributed by atoms with Crippen molar-refractivity contribution in [2.24, 2.45) is 4.99 Å². The van der Waals surface area contributed by atoms with Gasteiger partial charge in [0.15, 0.2) is 0 Å². The topological polar surface area (TPSA) is 55.0 Å². The predicted molar refractivity (Wildman–Crippen MR) is 95.1 cm³/mol. The van der Waals surface area contributed by atoms with Crippen molar-refractivity contribution in [2.45, 2.75) is 0 Å². The number of anilines is 1. The summed E-state index contributed by atoms with van der Waals surface area (Å²) in [6, 6.07) is 22.2. The van der Waals surface area contributed by atoms with Crippen LogP contribution in [0.5, 0.6) is 5.75 Å². The van der Waals surface area contributed by atoms with Crippen LogP contribution in [0.1, 0.15) is 5.76 Å². The Morgan fingerprint density at radius 3 is 2.32 bits per heavy atom. The molecule has 0 spiro atoms. The molecule has 0 N–H and O–H groups in total. The van der Waals surface area contributed by atoms with E-state index in [4.69, 9.17) is 9.15 Å². The second kappa shape index (κ2) is 6.49. The Kier molecular flexibility index (Phi) is 3.88. The largest absolute Gasteiger partial charge is 0.465 e. The summed E-state index contributed by atoms with van der Waals surface area (Å²) >= 11 is 0. The van der Waals surface area contributed by atoms with E-state index in [1.165, 1.54) is 4.90 Å². The van der Waals surface area contributed by atoms with Gasteiger partial charge < -0.3 is 9.15 Å². The Bertz CT molecular complexity index is 930. The van der Waals surface area contributed by atoms with Crippen LogP contribution in [0.25, 0.3) is 6.08 Å². The number of furan rings is 1. The number of carbonyl (C=O) groups is 1. The summed E-state index contributed by atoms with van der Waals surface area (Å²) in [5.41, 5.74) is 0.940. The molecule has 122 valence electrons. The zero-order chi connectivity index (χ0) is 17.1. The van der Waals surface area contributed by atoms with Gasteiger partial charge >= 0.3 is 6.02 Å². The minimum atomic E-state index is -0.270. The lowest BCUT2D eigenvalue weighted by molar-refractivity contribution is -0.113. The van der Waals surface area contributed by atoms with Crippen LogP contribution in [-0.4, -0.2) is 11.9 Å². The van der Waals surface area contributed by atoms with Gasteiger partial charge in [-0.1, -0.05) is 36.4 Å². The standard InChI is InChI=1S/C20H14N2O3/c23-19-18(14-17-12-7-13-24-17)21-20(25-16-10-5-2-6-11-16)22(19)15-8-3-1-4-9-15/h1-14H. The molecule has 1 amide bonds. The van der Waals surface area contributed by atoms with Crippen LogP contribution in [0.4, 0.5) is 5.69 Å². The van der Waals surface area contributed by atoms with Crippen molar-refractivity contribution >= 4 is 23.7 Å². The maximum absolute atomic E-state index is 12.9. The maximum atomic E-state index is 12.9. The van der Waals surface area contributed by atoms with Crippen LogP contribution < -0.4 is 9.64 Å². The highest BCUT2D eigenvalue weighted by Gasteiger charge is 2.33. The molecule has 2 aromatic carbocycles. The molecule has 0 aliphatic carbocycles. The van der Waals surface area contributed by atoms with Crippen molar-refractivity contribution in [3.8, 4) is 5.75 Å². The van der Waals surface area contributed by atoms with Gasteiger partial charge in [-0.05, 0) is 36.4 Å². The summed E-state index contributed by atoms with van der Waals surface area (Å²) in [5.74, 6) is 0.892. The Labute approximate surface area is 144 Å². The molecule has 1 aliphatic heterocycles. The Balaban J connectivity index is 1.73. The number of benzene rings is 2. The van der Waals surface area contributed by atoms with Crippen LogP contribution in [0, 0.1) is 0 Å². The number of amidine groups is 1. The molecule has 0 saturated heterocycles. The molecule has 1 aromatic heterocycles. The second-order valence-electron chi connectivity index (χ2n) is 5.33. The van der Waals surface area contributed by atoms with E-state index in [0.717, 1.165) is 0 Å². The number of rotatable bonds is 3. The Morgan fingerprint density at radius 2 is 1.64 bits per heavy atom. The lowest BCUT2D eigenvalue weighted by atomic mass is 10.2. The third kappa shape index (κ3) is 3.07. The fraction of sp³-hybridized carbons (Fsp3) is 0. The number of aliphatic imine (C=N–C) groups is 1. The van der Waals surface area contributed by atoms with Crippen molar-refractivity contribution in [3.05, 3.63) is 90.5 Å². The van der Waals surface area contributed by atoms with Crippen LogP contribution >= 0.6 is 0 Å². The number of para-hydroxylation sites is 2. The first-order valence-electron chi connectivity index (χ1n) is 7.77. The van der Waals surface area contributed by atoms with Crippen LogP contribution in [-0.2, 0) is 4.79 Å². The highest BCUT2D eigenvalue weighted by Crippen LogP contribution is 2.26. The molecule has 2 heterocycles. The van der Waals surface area contributed by atoms with Gasteiger partial charge in [0.05, 0.1) is 12.0 Å². The average molecular weight is 330 g/mol. The average Bonchev–Trinajstić information content (AvgIpc) is 3.26. The zero-order valence-electron chi connectivity index (χ0n) is 13.2. The smallest absolute Gasteiger partial charge is 0.310 e. The number of ether oxygens (including phenoxy) is 1. The van der Waals surface area contributed by atoms with Gasteiger partial charge in [0, 0.05) is 6.08 Å². The highest BCUT2D eigenvalue weighted by atomic mass is 16.5. The first-order valence-corrected chi connectivity index (χ1v) is 7.77. The van der Waals surface area contributed by atoms with Crippen LogP contribution in [0.15, 0.2) is 94.2 Å². The van der Waals surface area contributed by atoms with Crippen molar-refractivity contribution in [1.82, 2.24) is 0 Å². The molecule has 4 rings (SSSR count). The molecule has 0 bridgehead atoms. The molecule has 0 atom stereocenters. The Hall–Kier alpha value is -3.60. The minimum Gasteiger partial charge on any atom is -0.465 e. The summed E-state index contributed by atoms with van der Waals surface area (Å²) < 4.78 is 11.1. The van der Waals surface area contributed by atoms with Gasteiger partial charge in [-0.25, -0.2) is 4.90 Å². The van der Waals surface area contributed by atoms with E-state index in [0.29, 0.717) is 17.2 Å². The van der Waals surface area contributed by atoms with E-state index in [-0.39, 0.29) is 17.6 Å². The second-order valence-corrected chi connectivity index (χ2v) is 5.33. The molecule has 1 aliphatic rings. The van der Waals surface area contributed by atoms with Crippen LogP contribution in [0.2, 0.25) is 0 Å². The van der Waals surface area contributed by atoms with Crippen molar-refractivity contribution in [2.75, 3.05) is 4.90 Å². The third-order valence-electron chi connectivity index (χ3n) is 3.62. The van der Waals surface area contributed by atoms with Gasteiger partial charge in [-0.2, -0.15) is 4.99 Å². The molecular weight excluding hydrogens is 316 g/mol. The van der Waals surface area contributed by atoms with E-state index in [1.54, 1.807) is 24.5 Å². The maximum Gasteiger partial charge on any atom is 0.310 e. The van der Waals surface area contributed by atoms with Crippen molar-refractivity contribution < 1.29 is 13.9 Å². The van der Waals surface area contributed by atoms with Crippen molar-refractivity contribution in [1.29, 1.82) is 0 Å². The number of amides is 1. The molecule has 25 heavy (non-hydrogen) atoms. The molecule has 5 heteroatoms. The first kappa shape index (κ1) is 15.0. The van der Waals surface area contributed by atoms with Gasteiger partial charge in [0.25, 0.3) is 5.91 Å². The summed E-state index contributed by atoms with van der Waals surface area (Å²) in [6.07, 6.45) is 3.14. The van der Waals surface area contributed by atoms with E-state index >= 15 is 0 Å². The van der Waals surface area contributed by atoms with Crippen molar-refractivity contribution in [3.63, 3.8) is 0 Å². The third-order valence-corrected chi connectivity index (χ3v) is 3.62. The number of hydrogen-bond acceptors (Lipinski definition) is 4. The predicted octanol–water partition coefficient (Wildman–Crippen LogP) is 4.10. The minimum absolute atomic E-state index is 0.209. The summed E-state index contributed by atoms with van der Waals surface area (Å²) in [5, 5.41) is 0. The number of carbonyl (C=O) groups excluding carboxylic acids is 1. The van der Waals surface area contributed by atoms with E-state index < -0.39 is 0 Å². The molecule has 3 aromatic rings. The van der Waals surface area contributed by atoms with E-state index in [1.807, 2.05) is 60.7 Å². The van der Waals surface area contributed by atoms with Crippen LogP contribution in [0.3, 0.4) is 0 Å². The van der Waals surface area contributed by atoms with Gasteiger partial charge in [-0.15, -0.1) is 0 Å². The fourth-order valence-corrected chi connectivity index (χ4v) is 2.47. The lowest BCUT2D eigenvalue weighted by Gasteiger charge is -2.17. The fourth-order valence-electron chi connectivity index (χ4n) is 2.47. The molecule has 0 radical (unpaired) electrons. The lowest BCUT2D eigenvalue weighted by Crippen LogP contribution is -2.35. The van der Waals surface area contributed by atoms with Gasteiger partial charge in [0.1, 0.15) is 17.2 Å². The monoisotopic (exact) mass is 330 g/mol. The molecule has 5 nitrogen and oxygen atoms in total. The van der Waals surface area contributed by atoms with Gasteiger partial charge in [0.2, 0.25) is 0 Å². The molecular formula is C20H14N2O3. The normalized spacial score (nSPS) is 15.5. The quantitative estimate of drug-likeness (QED) is 0.679. The van der Waals surface area contributed by atoms with E-state index in [2.05, 4.69) is 4.99 Å². The SMILES string of the molecule is O=C1C(=Cc2ccco2)N=C(Oc2ccccc2)N1c1ccccc1. The summed E-state index contributed by atoms with van der Waals surface area (Å²) in [6.45, 7) is 0. The molecule has 0 fully saturated rings. The summed E-state index contributed by atoms with van der Waals surface area (Å²) in [7, 11) is 0. The van der Waals surface area contributed by atoms with E-state index in [9.17, 15) is 4.79 Å². The molecule has 0 unspecified atom stereocenters. The Morgan fingerprint density at radius 1 is 0.920 bits per heavy atom. The van der Waals surface area contributed by atoms with Gasteiger partial charge in [-0.3, -0.25) is 4.79 Å². The number of nitrogens with zero attached hydrogens (tertiary/aromatic N) is 2.